The summed E-state index contributed by atoms with van der Waals surface area (Å²) >= 11 is 0. The molecule has 0 aliphatic carbocycles. The van der Waals surface area contributed by atoms with Gasteiger partial charge >= 0.3 is 0 Å². The maximum Gasteiger partial charge on any atom is 0.244 e. The molecule has 2 aromatic heterocycles. The second-order valence-corrected chi connectivity index (χ2v) is 7.17. The van der Waals surface area contributed by atoms with Crippen molar-refractivity contribution in [2.45, 2.75) is 18.2 Å². The number of anilines is 1. The number of nitrogens with one attached hydrogen (secondary N) is 2. The summed E-state index contributed by atoms with van der Waals surface area (Å²) in [6.45, 7) is 2.88. The van der Waals surface area contributed by atoms with Gasteiger partial charge in [-0.25, -0.2) is 13.1 Å². The zero-order valence-corrected chi connectivity index (χ0v) is 15.3. The fourth-order valence-electron chi connectivity index (χ4n) is 2.48. The molecular formula is C16H20N6O3S. The molecular weight excluding hydrogens is 356 g/mol. The SMILES string of the molecule is CCNc1ccc2nnc(CCNS(=O)(=O)c3ccccc3OC)n2n1. The number of methoxy groups -OCH3 is 1. The topological polar surface area (TPSA) is 111 Å². The van der Waals surface area contributed by atoms with E-state index < -0.39 is 10.0 Å². The van der Waals surface area contributed by atoms with E-state index in [-0.39, 0.29) is 11.4 Å². The van der Waals surface area contributed by atoms with E-state index in [1.807, 2.05) is 13.0 Å². The minimum atomic E-state index is -3.69. The first kappa shape index (κ1) is 18.1. The third kappa shape index (κ3) is 3.75. The largest absolute Gasteiger partial charge is 0.495 e. The van der Waals surface area contributed by atoms with E-state index in [9.17, 15) is 8.42 Å². The Morgan fingerprint density at radius 1 is 1.15 bits per heavy atom. The number of ether oxygens (including phenoxy) is 1. The normalized spacial score (nSPS) is 11.6. The number of benzene rings is 1. The summed E-state index contributed by atoms with van der Waals surface area (Å²) in [5.74, 6) is 1.57. The number of rotatable bonds is 8. The lowest BCUT2D eigenvalue weighted by Crippen LogP contribution is -2.27. The quantitative estimate of drug-likeness (QED) is 0.605. The van der Waals surface area contributed by atoms with E-state index in [2.05, 4.69) is 25.3 Å². The Balaban J connectivity index is 1.73. The number of hydrogen-bond donors (Lipinski definition) is 2. The van der Waals surface area contributed by atoms with Crippen LogP contribution in [-0.2, 0) is 16.4 Å². The van der Waals surface area contributed by atoms with Crippen molar-refractivity contribution in [1.82, 2.24) is 24.5 Å². The Kier molecular flexibility index (Phi) is 5.33. The van der Waals surface area contributed by atoms with Crippen LogP contribution in [0.4, 0.5) is 5.82 Å². The molecule has 0 bridgehead atoms. The van der Waals surface area contributed by atoms with Gasteiger partial charge in [0.2, 0.25) is 10.0 Å². The smallest absolute Gasteiger partial charge is 0.244 e. The molecule has 9 nitrogen and oxygen atoms in total. The molecule has 0 saturated heterocycles. The highest BCUT2D eigenvalue weighted by Gasteiger charge is 2.19. The van der Waals surface area contributed by atoms with Gasteiger partial charge in [-0.2, -0.15) is 4.52 Å². The molecule has 0 unspecified atom stereocenters. The van der Waals surface area contributed by atoms with E-state index in [1.54, 1.807) is 28.8 Å². The third-order valence-corrected chi connectivity index (χ3v) is 5.19. The first-order chi connectivity index (χ1) is 12.5. The molecule has 3 rings (SSSR count). The molecule has 2 heterocycles. The highest BCUT2D eigenvalue weighted by atomic mass is 32.2. The Labute approximate surface area is 151 Å². The van der Waals surface area contributed by atoms with Gasteiger partial charge in [0.05, 0.1) is 7.11 Å². The lowest BCUT2D eigenvalue weighted by Gasteiger charge is -2.10. The van der Waals surface area contributed by atoms with E-state index >= 15 is 0 Å². The van der Waals surface area contributed by atoms with E-state index in [0.717, 1.165) is 6.54 Å². The summed E-state index contributed by atoms with van der Waals surface area (Å²) < 4.78 is 34.2. The summed E-state index contributed by atoms with van der Waals surface area (Å²) in [6.07, 6.45) is 0.345. The highest BCUT2D eigenvalue weighted by molar-refractivity contribution is 7.89. The predicted molar refractivity (Wildman–Crippen MR) is 96.8 cm³/mol. The molecule has 1 aromatic carbocycles. The van der Waals surface area contributed by atoms with Crippen molar-refractivity contribution in [3.05, 3.63) is 42.2 Å². The van der Waals surface area contributed by atoms with E-state index in [0.29, 0.717) is 29.5 Å². The van der Waals surface area contributed by atoms with Crippen LogP contribution < -0.4 is 14.8 Å². The number of nitrogens with zero attached hydrogens (tertiary/aromatic N) is 4. The Bertz CT molecular complexity index is 1000. The van der Waals surface area contributed by atoms with Crippen molar-refractivity contribution in [1.29, 1.82) is 0 Å². The molecule has 3 aromatic rings. The monoisotopic (exact) mass is 376 g/mol. The summed E-state index contributed by atoms with van der Waals surface area (Å²) in [6, 6.07) is 10.1. The first-order valence-corrected chi connectivity index (χ1v) is 9.61. The summed E-state index contributed by atoms with van der Waals surface area (Å²) in [5, 5.41) is 15.7. The number of para-hydroxylation sites is 1. The average Bonchev–Trinajstić information content (AvgIpc) is 3.04. The highest BCUT2D eigenvalue weighted by Crippen LogP contribution is 2.22. The molecule has 2 N–H and O–H groups in total. The molecule has 0 spiro atoms. The standard InChI is InChI=1S/C16H20N6O3S/c1-3-17-14-8-9-15-19-20-16(22(15)21-14)10-11-18-26(23,24)13-7-5-4-6-12(13)25-2/h4-9,18H,3,10-11H2,1-2H3,(H,17,21). The third-order valence-electron chi connectivity index (χ3n) is 3.68. The molecule has 10 heteroatoms. The van der Waals surface area contributed by atoms with Gasteiger partial charge in [0.1, 0.15) is 16.5 Å². The lowest BCUT2D eigenvalue weighted by molar-refractivity contribution is 0.402. The molecule has 0 amide bonds. The number of fused-ring (bicyclic) bond motifs is 1. The second kappa shape index (κ2) is 7.67. The Morgan fingerprint density at radius 3 is 2.73 bits per heavy atom. The van der Waals surface area contributed by atoms with Crippen LogP contribution in [-0.4, -0.2) is 48.4 Å². The molecule has 0 fully saturated rings. The molecule has 0 atom stereocenters. The van der Waals surface area contributed by atoms with E-state index in [4.69, 9.17) is 4.74 Å². The van der Waals surface area contributed by atoms with E-state index in [1.165, 1.54) is 13.2 Å². The second-order valence-electron chi connectivity index (χ2n) is 5.43. The number of sulfonamides is 1. The van der Waals surface area contributed by atoms with Gasteiger partial charge in [-0.3, -0.25) is 0 Å². The zero-order chi connectivity index (χ0) is 18.6. The van der Waals surface area contributed by atoms with Gasteiger partial charge in [-0.15, -0.1) is 15.3 Å². The van der Waals surface area contributed by atoms with Gasteiger partial charge in [0.15, 0.2) is 11.5 Å². The number of hydrogen-bond acceptors (Lipinski definition) is 7. The maximum absolute atomic E-state index is 12.5. The van der Waals surface area contributed by atoms with Crippen LogP contribution in [0.5, 0.6) is 5.75 Å². The first-order valence-electron chi connectivity index (χ1n) is 8.13. The van der Waals surface area contributed by atoms with Gasteiger partial charge in [-0.05, 0) is 31.2 Å². The van der Waals surface area contributed by atoms with Gasteiger partial charge < -0.3 is 10.1 Å². The van der Waals surface area contributed by atoms with Crippen LogP contribution in [0.25, 0.3) is 5.65 Å². The molecule has 0 aliphatic heterocycles. The van der Waals surface area contributed by atoms with Crippen LogP contribution in [0, 0.1) is 0 Å². The van der Waals surface area contributed by atoms with Crippen molar-refractivity contribution in [3.63, 3.8) is 0 Å². The van der Waals surface area contributed by atoms with Crippen molar-refractivity contribution in [2.24, 2.45) is 0 Å². The fourth-order valence-corrected chi connectivity index (χ4v) is 3.68. The van der Waals surface area contributed by atoms with Gasteiger partial charge in [-0.1, -0.05) is 12.1 Å². The van der Waals surface area contributed by atoms with Crippen LogP contribution in [0.1, 0.15) is 12.7 Å². The molecule has 138 valence electrons. The fraction of sp³-hybridized carbons (Fsp3) is 0.312. The lowest BCUT2D eigenvalue weighted by atomic mass is 10.3. The maximum atomic E-state index is 12.5. The minimum Gasteiger partial charge on any atom is -0.495 e. The zero-order valence-electron chi connectivity index (χ0n) is 14.5. The predicted octanol–water partition coefficient (Wildman–Crippen LogP) is 1.09. The van der Waals surface area contributed by atoms with Crippen LogP contribution >= 0.6 is 0 Å². The Hall–Kier alpha value is -2.72. The number of aromatic nitrogens is 4. The molecule has 0 saturated carbocycles. The summed E-state index contributed by atoms with van der Waals surface area (Å²) in [4.78, 5) is 0.0983. The van der Waals surface area contributed by atoms with Crippen LogP contribution in [0.3, 0.4) is 0 Å². The minimum absolute atomic E-state index is 0.0983. The van der Waals surface area contributed by atoms with Crippen molar-refractivity contribution in [3.8, 4) is 5.75 Å². The Morgan fingerprint density at radius 2 is 1.96 bits per heavy atom. The molecule has 0 radical (unpaired) electrons. The van der Waals surface area contributed by atoms with Crippen molar-refractivity contribution >= 4 is 21.5 Å². The van der Waals surface area contributed by atoms with Crippen LogP contribution in [0.2, 0.25) is 0 Å². The van der Waals surface area contributed by atoms with Gasteiger partial charge in [0.25, 0.3) is 0 Å². The molecule has 0 aliphatic rings. The summed E-state index contributed by atoms with van der Waals surface area (Å²) in [5.41, 5.74) is 0.606. The summed E-state index contributed by atoms with van der Waals surface area (Å²) in [7, 11) is -2.26. The van der Waals surface area contributed by atoms with Crippen molar-refractivity contribution in [2.75, 3.05) is 25.5 Å². The van der Waals surface area contributed by atoms with Crippen molar-refractivity contribution < 1.29 is 13.2 Å². The average molecular weight is 376 g/mol. The van der Waals surface area contributed by atoms with Gasteiger partial charge in [0, 0.05) is 19.5 Å². The van der Waals surface area contributed by atoms with Crippen LogP contribution in [0.15, 0.2) is 41.3 Å². The molecule has 26 heavy (non-hydrogen) atoms.